The molecule has 1 atom stereocenters. The summed E-state index contributed by atoms with van der Waals surface area (Å²) in [6.07, 6.45) is 2.50. The molecular formula is C14H14Cl2N4O. The van der Waals surface area contributed by atoms with Gasteiger partial charge in [-0.3, -0.25) is 4.79 Å². The van der Waals surface area contributed by atoms with Gasteiger partial charge in [-0.2, -0.15) is 5.10 Å². The van der Waals surface area contributed by atoms with Gasteiger partial charge in [-0.25, -0.2) is 5.10 Å². The van der Waals surface area contributed by atoms with E-state index in [0.717, 1.165) is 30.2 Å². The maximum atomic E-state index is 11.4. The van der Waals surface area contributed by atoms with Crippen LogP contribution in [0.3, 0.4) is 0 Å². The van der Waals surface area contributed by atoms with Gasteiger partial charge >= 0.3 is 0 Å². The average Bonchev–Trinajstić information content (AvgIpc) is 2.93. The molecule has 0 bridgehead atoms. The number of anilines is 2. The minimum Gasteiger partial charge on any atom is -0.378 e. The summed E-state index contributed by atoms with van der Waals surface area (Å²) in [6.45, 7) is 1.78. The number of H-pyrrole nitrogens is 1. The highest BCUT2D eigenvalue weighted by atomic mass is 35.5. The van der Waals surface area contributed by atoms with Crippen LogP contribution in [0.2, 0.25) is 10.0 Å². The van der Waals surface area contributed by atoms with Gasteiger partial charge in [-0.15, -0.1) is 0 Å². The van der Waals surface area contributed by atoms with Crippen LogP contribution >= 0.6 is 23.2 Å². The lowest BCUT2D eigenvalue weighted by molar-refractivity contribution is 0.803. The average molecular weight is 325 g/mol. The number of aromatic nitrogens is 2. The summed E-state index contributed by atoms with van der Waals surface area (Å²) in [4.78, 5) is 13.7. The van der Waals surface area contributed by atoms with Crippen LogP contribution in [0.4, 0.5) is 11.4 Å². The molecule has 0 amide bonds. The van der Waals surface area contributed by atoms with Crippen molar-refractivity contribution in [3.05, 3.63) is 50.9 Å². The van der Waals surface area contributed by atoms with Crippen LogP contribution in [-0.4, -0.2) is 29.3 Å². The number of benzene rings is 1. The Hall–Kier alpha value is -1.72. The predicted molar refractivity (Wildman–Crippen MR) is 85.6 cm³/mol. The number of rotatable bonds is 3. The minimum absolute atomic E-state index is 0.148. The molecule has 21 heavy (non-hydrogen) atoms. The predicted octanol–water partition coefficient (Wildman–Crippen LogP) is 2.77. The Bertz CT molecular complexity index is 686. The van der Waals surface area contributed by atoms with Gasteiger partial charge in [-0.05, 0) is 30.7 Å². The van der Waals surface area contributed by atoms with E-state index < -0.39 is 0 Å². The van der Waals surface area contributed by atoms with E-state index in [1.807, 2.05) is 24.3 Å². The highest BCUT2D eigenvalue weighted by Gasteiger charge is 2.23. The number of hydrogen-bond acceptors (Lipinski definition) is 4. The Morgan fingerprint density at radius 1 is 1.29 bits per heavy atom. The van der Waals surface area contributed by atoms with E-state index in [2.05, 4.69) is 20.4 Å². The van der Waals surface area contributed by atoms with E-state index in [-0.39, 0.29) is 16.6 Å². The zero-order valence-corrected chi connectivity index (χ0v) is 12.7. The van der Waals surface area contributed by atoms with Crippen LogP contribution in [0, 0.1) is 0 Å². The van der Waals surface area contributed by atoms with Crippen LogP contribution in [0.25, 0.3) is 0 Å². The third-order valence-electron chi connectivity index (χ3n) is 3.54. The summed E-state index contributed by atoms with van der Waals surface area (Å²) in [5.74, 6) is 0. The van der Waals surface area contributed by atoms with Gasteiger partial charge in [0.1, 0.15) is 5.02 Å². The Balaban J connectivity index is 1.68. The van der Waals surface area contributed by atoms with Crippen molar-refractivity contribution < 1.29 is 0 Å². The van der Waals surface area contributed by atoms with E-state index in [0.29, 0.717) is 5.69 Å². The zero-order chi connectivity index (χ0) is 14.8. The Morgan fingerprint density at radius 2 is 2.05 bits per heavy atom. The highest BCUT2D eigenvalue weighted by Crippen LogP contribution is 2.25. The topological polar surface area (TPSA) is 61.0 Å². The first-order valence-electron chi connectivity index (χ1n) is 6.64. The fourth-order valence-corrected chi connectivity index (χ4v) is 2.74. The monoisotopic (exact) mass is 324 g/mol. The van der Waals surface area contributed by atoms with Gasteiger partial charge in [0.25, 0.3) is 5.56 Å². The normalized spacial score (nSPS) is 18.0. The first-order chi connectivity index (χ1) is 10.1. The van der Waals surface area contributed by atoms with Gasteiger partial charge in [0, 0.05) is 29.8 Å². The molecule has 3 rings (SSSR count). The first kappa shape index (κ1) is 14.2. The van der Waals surface area contributed by atoms with E-state index in [1.165, 1.54) is 6.20 Å². The van der Waals surface area contributed by atoms with Gasteiger partial charge < -0.3 is 10.2 Å². The van der Waals surface area contributed by atoms with Crippen molar-refractivity contribution >= 4 is 34.6 Å². The number of halogens is 2. The molecule has 0 aliphatic carbocycles. The molecule has 2 N–H and O–H groups in total. The van der Waals surface area contributed by atoms with Gasteiger partial charge in [0.15, 0.2) is 0 Å². The molecule has 0 unspecified atom stereocenters. The van der Waals surface area contributed by atoms with Crippen LogP contribution < -0.4 is 15.8 Å². The fraction of sp³-hybridized carbons (Fsp3) is 0.286. The molecule has 110 valence electrons. The third-order valence-corrected chi connectivity index (χ3v) is 4.16. The Kier molecular flexibility index (Phi) is 4.03. The lowest BCUT2D eigenvalue weighted by Crippen LogP contribution is -2.27. The fourth-order valence-electron chi connectivity index (χ4n) is 2.47. The largest absolute Gasteiger partial charge is 0.378 e. The van der Waals surface area contributed by atoms with E-state index in [1.54, 1.807) is 0 Å². The molecule has 2 heterocycles. The molecule has 2 aromatic rings. The molecule has 1 fully saturated rings. The van der Waals surface area contributed by atoms with Crippen LogP contribution in [0.15, 0.2) is 35.3 Å². The van der Waals surface area contributed by atoms with Crippen molar-refractivity contribution in [2.75, 3.05) is 23.3 Å². The maximum absolute atomic E-state index is 11.4. The SMILES string of the molecule is O=c1[nH]ncc(N[C@H]2CCN(c3ccc(Cl)cc3)C2)c1Cl. The number of nitrogens with zero attached hydrogens (tertiary/aromatic N) is 2. The molecule has 1 aromatic heterocycles. The van der Waals surface area contributed by atoms with Gasteiger partial charge in [0.05, 0.1) is 11.9 Å². The molecule has 1 aliphatic heterocycles. The van der Waals surface area contributed by atoms with Crippen LogP contribution in [0.5, 0.6) is 0 Å². The Labute approximate surface area is 131 Å². The number of aromatic amines is 1. The minimum atomic E-state index is -0.380. The number of nitrogens with one attached hydrogen (secondary N) is 2. The van der Waals surface area contributed by atoms with Gasteiger partial charge in [-0.1, -0.05) is 23.2 Å². The van der Waals surface area contributed by atoms with Crippen molar-refractivity contribution in [3.63, 3.8) is 0 Å². The summed E-state index contributed by atoms with van der Waals surface area (Å²) < 4.78 is 0. The molecule has 1 aromatic carbocycles. The molecule has 0 radical (unpaired) electrons. The van der Waals surface area contributed by atoms with Gasteiger partial charge in [0.2, 0.25) is 0 Å². The van der Waals surface area contributed by atoms with Crippen LogP contribution in [0.1, 0.15) is 6.42 Å². The molecule has 1 saturated heterocycles. The van der Waals surface area contributed by atoms with E-state index >= 15 is 0 Å². The summed E-state index contributed by atoms with van der Waals surface area (Å²) in [5, 5.41) is 10.2. The molecule has 0 saturated carbocycles. The molecular weight excluding hydrogens is 311 g/mol. The zero-order valence-electron chi connectivity index (χ0n) is 11.1. The highest BCUT2D eigenvalue weighted by molar-refractivity contribution is 6.32. The summed E-state index contributed by atoms with van der Waals surface area (Å²) in [7, 11) is 0. The lowest BCUT2D eigenvalue weighted by atomic mass is 10.2. The van der Waals surface area contributed by atoms with Crippen molar-refractivity contribution in [2.45, 2.75) is 12.5 Å². The molecule has 1 aliphatic rings. The lowest BCUT2D eigenvalue weighted by Gasteiger charge is -2.19. The number of hydrogen-bond donors (Lipinski definition) is 2. The summed E-state index contributed by atoms with van der Waals surface area (Å²) in [6, 6.07) is 8.00. The van der Waals surface area contributed by atoms with E-state index in [9.17, 15) is 4.79 Å². The third kappa shape index (κ3) is 3.14. The summed E-state index contributed by atoms with van der Waals surface area (Å²) in [5.41, 5.74) is 1.33. The second-order valence-electron chi connectivity index (χ2n) is 4.98. The molecule has 5 nitrogen and oxygen atoms in total. The van der Waals surface area contributed by atoms with Crippen molar-refractivity contribution in [1.82, 2.24) is 10.2 Å². The second kappa shape index (κ2) is 5.95. The van der Waals surface area contributed by atoms with E-state index in [4.69, 9.17) is 23.2 Å². The second-order valence-corrected chi connectivity index (χ2v) is 5.79. The van der Waals surface area contributed by atoms with Crippen molar-refractivity contribution in [1.29, 1.82) is 0 Å². The van der Waals surface area contributed by atoms with Crippen molar-refractivity contribution in [2.24, 2.45) is 0 Å². The molecule has 7 heteroatoms. The first-order valence-corrected chi connectivity index (χ1v) is 7.39. The van der Waals surface area contributed by atoms with Crippen LogP contribution in [-0.2, 0) is 0 Å². The summed E-state index contributed by atoms with van der Waals surface area (Å²) >= 11 is 11.9. The quantitative estimate of drug-likeness (QED) is 0.911. The smallest absolute Gasteiger partial charge is 0.285 e. The molecule has 0 spiro atoms. The standard InChI is InChI=1S/C14H14Cl2N4O/c15-9-1-3-11(4-2-9)20-6-5-10(8-20)18-12-7-17-19-14(21)13(12)16/h1-4,7,10H,5-6,8H2,(H2,18,19,21)/t10-/m0/s1. The van der Waals surface area contributed by atoms with Crippen molar-refractivity contribution in [3.8, 4) is 0 Å². The maximum Gasteiger partial charge on any atom is 0.285 e. The Morgan fingerprint density at radius 3 is 2.81 bits per heavy atom.